The van der Waals surface area contributed by atoms with E-state index in [0.29, 0.717) is 25.1 Å². The predicted molar refractivity (Wildman–Crippen MR) is 93.0 cm³/mol. The zero-order chi connectivity index (χ0) is 17.5. The molecule has 0 aliphatic carbocycles. The largest absolute Gasteiger partial charge is 0.497 e. The fraction of sp³-hybridized carbons (Fsp3) is 0.389. The number of carbonyl (C=O) groups excluding carboxylic acids is 1. The first-order valence-corrected chi connectivity index (χ1v) is 8.01. The standard InChI is InChI=1S/C18H23N3O3/c1-13(2)19-17(22)8-5-11-21-18(23)10-9-16(20-21)14-6-4-7-15(12-14)24-3/h4,6-7,9-10,12-13H,5,8,11H2,1-3H3,(H,19,22). The molecule has 0 saturated carbocycles. The van der Waals surface area contributed by atoms with Crippen molar-refractivity contribution in [3.63, 3.8) is 0 Å². The molecule has 0 spiro atoms. The van der Waals surface area contributed by atoms with Gasteiger partial charge in [-0.3, -0.25) is 9.59 Å². The normalized spacial score (nSPS) is 10.7. The number of nitrogens with zero attached hydrogens (tertiary/aromatic N) is 2. The molecule has 0 unspecified atom stereocenters. The number of benzene rings is 1. The molecule has 6 heteroatoms. The van der Waals surface area contributed by atoms with E-state index in [9.17, 15) is 9.59 Å². The van der Waals surface area contributed by atoms with Gasteiger partial charge in [-0.05, 0) is 38.5 Å². The number of nitrogens with one attached hydrogen (secondary N) is 1. The highest BCUT2D eigenvalue weighted by Gasteiger charge is 2.07. The van der Waals surface area contributed by atoms with E-state index in [-0.39, 0.29) is 17.5 Å². The molecule has 2 rings (SSSR count). The summed E-state index contributed by atoms with van der Waals surface area (Å²) in [5.74, 6) is 0.722. The number of rotatable bonds is 7. The lowest BCUT2D eigenvalue weighted by Crippen LogP contribution is -2.30. The Morgan fingerprint density at radius 1 is 1.29 bits per heavy atom. The molecule has 1 aromatic carbocycles. The van der Waals surface area contributed by atoms with Gasteiger partial charge in [0.25, 0.3) is 5.56 Å². The van der Waals surface area contributed by atoms with Crippen LogP contribution in [0.1, 0.15) is 26.7 Å². The molecule has 24 heavy (non-hydrogen) atoms. The topological polar surface area (TPSA) is 73.2 Å². The lowest BCUT2D eigenvalue weighted by atomic mass is 10.1. The van der Waals surface area contributed by atoms with Crippen LogP contribution in [0.3, 0.4) is 0 Å². The highest BCUT2D eigenvalue weighted by atomic mass is 16.5. The number of carbonyl (C=O) groups is 1. The van der Waals surface area contributed by atoms with Gasteiger partial charge in [0.05, 0.1) is 12.8 Å². The van der Waals surface area contributed by atoms with Gasteiger partial charge in [0, 0.05) is 30.6 Å². The van der Waals surface area contributed by atoms with Crippen LogP contribution in [0, 0.1) is 0 Å². The van der Waals surface area contributed by atoms with Crippen molar-refractivity contribution in [1.82, 2.24) is 15.1 Å². The van der Waals surface area contributed by atoms with Gasteiger partial charge in [0.15, 0.2) is 0 Å². The highest BCUT2D eigenvalue weighted by Crippen LogP contribution is 2.21. The van der Waals surface area contributed by atoms with Crippen LogP contribution >= 0.6 is 0 Å². The summed E-state index contributed by atoms with van der Waals surface area (Å²) in [5.41, 5.74) is 1.40. The van der Waals surface area contributed by atoms with E-state index < -0.39 is 0 Å². The fourth-order valence-corrected chi connectivity index (χ4v) is 2.33. The van der Waals surface area contributed by atoms with Gasteiger partial charge in [-0.1, -0.05) is 12.1 Å². The minimum atomic E-state index is -0.175. The zero-order valence-corrected chi connectivity index (χ0v) is 14.3. The van der Waals surface area contributed by atoms with E-state index in [1.54, 1.807) is 13.2 Å². The van der Waals surface area contributed by atoms with Crippen LogP contribution in [0.15, 0.2) is 41.2 Å². The lowest BCUT2D eigenvalue weighted by molar-refractivity contribution is -0.121. The Hall–Kier alpha value is -2.63. The molecule has 0 atom stereocenters. The molecule has 128 valence electrons. The zero-order valence-electron chi connectivity index (χ0n) is 14.3. The van der Waals surface area contributed by atoms with Crippen LogP contribution in [-0.4, -0.2) is 28.8 Å². The van der Waals surface area contributed by atoms with Gasteiger partial charge in [0.1, 0.15) is 5.75 Å². The third-order valence-corrected chi connectivity index (χ3v) is 3.46. The lowest BCUT2D eigenvalue weighted by Gasteiger charge is -2.10. The average molecular weight is 329 g/mol. The maximum Gasteiger partial charge on any atom is 0.266 e. The molecule has 0 radical (unpaired) electrons. The second-order valence-corrected chi connectivity index (χ2v) is 5.84. The summed E-state index contributed by atoms with van der Waals surface area (Å²) < 4.78 is 6.61. The number of hydrogen-bond donors (Lipinski definition) is 1. The van der Waals surface area contributed by atoms with Crippen molar-refractivity contribution in [3.8, 4) is 17.0 Å². The molecule has 6 nitrogen and oxygen atoms in total. The van der Waals surface area contributed by atoms with Crippen LogP contribution in [0.25, 0.3) is 11.3 Å². The van der Waals surface area contributed by atoms with Gasteiger partial charge in [-0.15, -0.1) is 0 Å². The Morgan fingerprint density at radius 2 is 2.08 bits per heavy atom. The number of aryl methyl sites for hydroxylation is 1. The SMILES string of the molecule is COc1cccc(-c2ccc(=O)n(CCCC(=O)NC(C)C)n2)c1. The van der Waals surface area contributed by atoms with E-state index in [4.69, 9.17) is 4.74 Å². The Kier molecular flexibility index (Phi) is 6.12. The van der Waals surface area contributed by atoms with Crippen molar-refractivity contribution in [2.75, 3.05) is 7.11 Å². The molecule has 0 saturated heterocycles. The smallest absolute Gasteiger partial charge is 0.266 e. The molecule has 1 amide bonds. The molecule has 1 N–H and O–H groups in total. The summed E-state index contributed by atoms with van der Waals surface area (Å²) in [4.78, 5) is 23.6. The Labute approximate surface area is 141 Å². The van der Waals surface area contributed by atoms with Crippen LogP contribution in [-0.2, 0) is 11.3 Å². The number of ether oxygens (including phenoxy) is 1. The first-order valence-electron chi connectivity index (χ1n) is 8.01. The van der Waals surface area contributed by atoms with Crippen molar-refractivity contribution < 1.29 is 9.53 Å². The van der Waals surface area contributed by atoms with E-state index in [1.807, 2.05) is 38.1 Å². The van der Waals surface area contributed by atoms with Gasteiger partial charge in [0.2, 0.25) is 5.91 Å². The average Bonchev–Trinajstić information content (AvgIpc) is 2.56. The minimum Gasteiger partial charge on any atom is -0.497 e. The van der Waals surface area contributed by atoms with Gasteiger partial charge in [-0.25, -0.2) is 4.68 Å². The van der Waals surface area contributed by atoms with Gasteiger partial charge in [-0.2, -0.15) is 5.10 Å². The maximum atomic E-state index is 12.0. The number of methoxy groups -OCH3 is 1. The summed E-state index contributed by atoms with van der Waals surface area (Å²) in [5, 5.41) is 7.23. The van der Waals surface area contributed by atoms with Crippen LogP contribution < -0.4 is 15.6 Å². The first kappa shape index (κ1) is 17.7. The molecular formula is C18H23N3O3. The van der Waals surface area contributed by atoms with E-state index in [1.165, 1.54) is 10.7 Å². The van der Waals surface area contributed by atoms with E-state index >= 15 is 0 Å². The third-order valence-electron chi connectivity index (χ3n) is 3.46. The van der Waals surface area contributed by atoms with Crippen LogP contribution in [0.2, 0.25) is 0 Å². The fourth-order valence-electron chi connectivity index (χ4n) is 2.33. The summed E-state index contributed by atoms with van der Waals surface area (Å²) in [7, 11) is 1.61. The molecule has 0 bridgehead atoms. The van der Waals surface area contributed by atoms with E-state index in [2.05, 4.69) is 10.4 Å². The highest BCUT2D eigenvalue weighted by molar-refractivity contribution is 5.76. The van der Waals surface area contributed by atoms with Crippen molar-refractivity contribution in [1.29, 1.82) is 0 Å². The maximum absolute atomic E-state index is 12.0. The second-order valence-electron chi connectivity index (χ2n) is 5.84. The number of amides is 1. The summed E-state index contributed by atoms with van der Waals surface area (Å²) >= 11 is 0. The van der Waals surface area contributed by atoms with Crippen molar-refractivity contribution in [2.45, 2.75) is 39.3 Å². The Balaban J connectivity index is 2.08. The summed E-state index contributed by atoms with van der Waals surface area (Å²) in [6, 6.07) is 10.8. The molecule has 1 aromatic heterocycles. The molecule has 2 aromatic rings. The third kappa shape index (κ3) is 4.94. The monoisotopic (exact) mass is 329 g/mol. The van der Waals surface area contributed by atoms with Crippen molar-refractivity contribution in [3.05, 3.63) is 46.8 Å². The van der Waals surface area contributed by atoms with Crippen molar-refractivity contribution >= 4 is 5.91 Å². The molecule has 0 aliphatic heterocycles. The summed E-state index contributed by atoms with van der Waals surface area (Å²) in [6.45, 7) is 4.24. The Bertz CT molecular complexity index is 753. The minimum absolute atomic E-state index is 0.0120. The van der Waals surface area contributed by atoms with E-state index in [0.717, 1.165) is 11.3 Å². The predicted octanol–water partition coefficient (Wildman–Crippen LogP) is 2.22. The quantitative estimate of drug-likeness (QED) is 0.845. The molecule has 0 aliphatic rings. The Morgan fingerprint density at radius 3 is 2.79 bits per heavy atom. The molecule has 1 heterocycles. The first-order chi connectivity index (χ1) is 11.5. The molecule has 0 fully saturated rings. The van der Waals surface area contributed by atoms with Crippen LogP contribution in [0.5, 0.6) is 5.75 Å². The number of hydrogen-bond acceptors (Lipinski definition) is 4. The molecular weight excluding hydrogens is 306 g/mol. The number of aromatic nitrogens is 2. The van der Waals surface area contributed by atoms with Gasteiger partial charge >= 0.3 is 0 Å². The summed E-state index contributed by atoms with van der Waals surface area (Å²) in [6.07, 6.45) is 0.933. The van der Waals surface area contributed by atoms with Crippen LogP contribution in [0.4, 0.5) is 0 Å². The van der Waals surface area contributed by atoms with Crippen molar-refractivity contribution in [2.24, 2.45) is 0 Å². The second kappa shape index (κ2) is 8.29. The van der Waals surface area contributed by atoms with Gasteiger partial charge < -0.3 is 10.1 Å².